The smallest absolute Gasteiger partial charge is 0.271 e. The molecular formula is C23H20ClN3O3. The van der Waals surface area contributed by atoms with E-state index in [1.807, 2.05) is 48.5 Å². The number of rotatable bonds is 7. The van der Waals surface area contributed by atoms with Crippen molar-refractivity contribution in [3.05, 3.63) is 94.5 Å². The van der Waals surface area contributed by atoms with Gasteiger partial charge < -0.3 is 10.1 Å². The number of nitrogens with one attached hydrogen (secondary N) is 2. The van der Waals surface area contributed by atoms with Crippen LogP contribution in [0.5, 0.6) is 5.75 Å². The molecule has 0 saturated carbocycles. The van der Waals surface area contributed by atoms with Crippen molar-refractivity contribution in [1.29, 1.82) is 0 Å². The van der Waals surface area contributed by atoms with Crippen molar-refractivity contribution < 1.29 is 14.3 Å². The molecule has 6 nitrogen and oxygen atoms in total. The van der Waals surface area contributed by atoms with E-state index in [1.54, 1.807) is 30.5 Å². The first kappa shape index (κ1) is 21.1. The highest BCUT2D eigenvalue weighted by atomic mass is 35.5. The number of amides is 2. The van der Waals surface area contributed by atoms with Crippen molar-refractivity contribution >= 4 is 35.3 Å². The van der Waals surface area contributed by atoms with Crippen LogP contribution in [-0.2, 0) is 11.4 Å². The Labute approximate surface area is 179 Å². The SMILES string of the molecule is CC(=O)Nc1ccc(C(=O)NN=Cc2cccc(OCc3ccc(Cl)cc3)c2)cc1. The summed E-state index contributed by atoms with van der Waals surface area (Å²) in [5, 5.41) is 7.32. The van der Waals surface area contributed by atoms with Crippen molar-refractivity contribution in [1.82, 2.24) is 5.43 Å². The van der Waals surface area contributed by atoms with Gasteiger partial charge in [-0.1, -0.05) is 35.9 Å². The first-order valence-corrected chi connectivity index (χ1v) is 9.56. The molecule has 3 rings (SSSR count). The third-order valence-corrected chi connectivity index (χ3v) is 4.28. The number of carbonyl (C=O) groups is 2. The zero-order valence-corrected chi connectivity index (χ0v) is 17.0. The Morgan fingerprint density at radius 3 is 2.47 bits per heavy atom. The van der Waals surface area contributed by atoms with Crippen LogP contribution < -0.4 is 15.5 Å². The van der Waals surface area contributed by atoms with E-state index in [0.29, 0.717) is 28.6 Å². The molecule has 0 heterocycles. The first-order valence-electron chi connectivity index (χ1n) is 9.18. The predicted octanol–water partition coefficient (Wildman–Crippen LogP) is 4.64. The van der Waals surface area contributed by atoms with E-state index in [4.69, 9.17) is 16.3 Å². The fourth-order valence-electron chi connectivity index (χ4n) is 2.57. The van der Waals surface area contributed by atoms with Gasteiger partial charge in [0.1, 0.15) is 12.4 Å². The van der Waals surface area contributed by atoms with E-state index in [0.717, 1.165) is 11.1 Å². The zero-order valence-electron chi connectivity index (χ0n) is 16.3. The van der Waals surface area contributed by atoms with Gasteiger partial charge in [0, 0.05) is 23.2 Å². The number of hydrogen-bond donors (Lipinski definition) is 2. The summed E-state index contributed by atoms with van der Waals surface area (Å²) in [4.78, 5) is 23.2. The highest BCUT2D eigenvalue weighted by Crippen LogP contribution is 2.16. The van der Waals surface area contributed by atoms with Gasteiger partial charge in [0.15, 0.2) is 0 Å². The first-order chi connectivity index (χ1) is 14.5. The van der Waals surface area contributed by atoms with Gasteiger partial charge in [-0.3, -0.25) is 9.59 Å². The van der Waals surface area contributed by atoms with Crippen LogP contribution in [0.15, 0.2) is 77.9 Å². The highest BCUT2D eigenvalue weighted by molar-refractivity contribution is 6.30. The van der Waals surface area contributed by atoms with E-state index < -0.39 is 0 Å². The number of ether oxygens (including phenoxy) is 1. The Balaban J connectivity index is 1.54. The second kappa shape index (κ2) is 10.2. The van der Waals surface area contributed by atoms with Crippen LogP contribution in [-0.4, -0.2) is 18.0 Å². The number of hydrazone groups is 1. The van der Waals surface area contributed by atoms with Gasteiger partial charge in [-0.2, -0.15) is 5.10 Å². The van der Waals surface area contributed by atoms with Gasteiger partial charge in [0.2, 0.25) is 5.91 Å². The lowest BCUT2D eigenvalue weighted by Gasteiger charge is -2.07. The Bertz CT molecular complexity index is 1050. The standard InChI is InChI=1S/C23H20ClN3O3/c1-16(28)26-21-11-7-19(8-12-21)23(29)27-25-14-18-3-2-4-22(13-18)30-15-17-5-9-20(24)10-6-17/h2-14H,15H2,1H3,(H,26,28)(H,27,29). The van der Waals surface area contributed by atoms with E-state index >= 15 is 0 Å². The fraction of sp³-hybridized carbons (Fsp3) is 0.0870. The van der Waals surface area contributed by atoms with Crippen LogP contribution in [0.1, 0.15) is 28.4 Å². The van der Waals surface area contributed by atoms with Crippen molar-refractivity contribution in [2.45, 2.75) is 13.5 Å². The van der Waals surface area contributed by atoms with Crippen LogP contribution >= 0.6 is 11.6 Å². The largest absolute Gasteiger partial charge is 0.489 e. The van der Waals surface area contributed by atoms with Crippen LogP contribution in [0.3, 0.4) is 0 Å². The lowest BCUT2D eigenvalue weighted by Crippen LogP contribution is -2.17. The molecule has 0 spiro atoms. The summed E-state index contributed by atoms with van der Waals surface area (Å²) in [6.45, 7) is 1.84. The van der Waals surface area contributed by atoms with Gasteiger partial charge in [0.05, 0.1) is 6.21 Å². The Morgan fingerprint density at radius 2 is 1.77 bits per heavy atom. The molecule has 30 heavy (non-hydrogen) atoms. The predicted molar refractivity (Wildman–Crippen MR) is 118 cm³/mol. The number of anilines is 1. The molecule has 3 aromatic rings. The molecule has 0 unspecified atom stereocenters. The summed E-state index contributed by atoms with van der Waals surface area (Å²) < 4.78 is 5.79. The molecule has 2 amide bonds. The number of hydrogen-bond acceptors (Lipinski definition) is 4. The monoisotopic (exact) mass is 421 g/mol. The Morgan fingerprint density at radius 1 is 1.03 bits per heavy atom. The molecule has 152 valence electrons. The molecule has 0 aliphatic carbocycles. The Kier molecular flexibility index (Phi) is 7.19. The molecule has 0 bridgehead atoms. The summed E-state index contributed by atoms with van der Waals surface area (Å²) in [7, 11) is 0. The van der Waals surface area contributed by atoms with Gasteiger partial charge in [0.25, 0.3) is 5.91 Å². The molecule has 3 aromatic carbocycles. The molecular weight excluding hydrogens is 402 g/mol. The van der Waals surface area contributed by atoms with Gasteiger partial charge in [-0.05, 0) is 59.7 Å². The molecule has 0 fully saturated rings. The molecule has 0 radical (unpaired) electrons. The fourth-order valence-corrected chi connectivity index (χ4v) is 2.70. The Hall–Kier alpha value is -3.64. The topological polar surface area (TPSA) is 79.8 Å². The summed E-state index contributed by atoms with van der Waals surface area (Å²) in [6.07, 6.45) is 1.54. The van der Waals surface area contributed by atoms with Gasteiger partial charge >= 0.3 is 0 Å². The quantitative estimate of drug-likeness (QED) is 0.430. The average molecular weight is 422 g/mol. The lowest BCUT2D eigenvalue weighted by molar-refractivity contribution is -0.114. The van der Waals surface area contributed by atoms with E-state index in [9.17, 15) is 9.59 Å². The minimum atomic E-state index is -0.351. The molecule has 0 saturated heterocycles. The van der Waals surface area contributed by atoms with Crippen molar-refractivity contribution in [3.63, 3.8) is 0 Å². The number of carbonyl (C=O) groups excluding carboxylic acids is 2. The highest BCUT2D eigenvalue weighted by Gasteiger charge is 2.04. The lowest BCUT2D eigenvalue weighted by atomic mass is 10.2. The number of halogens is 1. The van der Waals surface area contributed by atoms with Crippen LogP contribution in [0, 0.1) is 0 Å². The summed E-state index contributed by atoms with van der Waals surface area (Å²) >= 11 is 5.88. The normalized spacial score (nSPS) is 10.6. The maximum Gasteiger partial charge on any atom is 0.271 e. The molecule has 0 aliphatic heterocycles. The maximum absolute atomic E-state index is 12.2. The van der Waals surface area contributed by atoms with Crippen LogP contribution in [0.2, 0.25) is 5.02 Å². The van der Waals surface area contributed by atoms with Crippen LogP contribution in [0.25, 0.3) is 0 Å². The molecule has 7 heteroatoms. The summed E-state index contributed by atoms with van der Waals surface area (Å²) in [5.41, 5.74) is 5.33. The molecule has 0 atom stereocenters. The summed E-state index contributed by atoms with van der Waals surface area (Å²) in [6, 6.07) is 21.4. The van der Waals surface area contributed by atoms with Crippen molar-refractivity contribution in [2.75, 3.05) is 5.32 Å². The number of benzene rings is 3. The third kappa shape index (κ3) is 6.46. The van der Waals surface area contributed by atoms with Crippen LogP contribution in [0.4, 0.5) is 5.69 Å². The summed E-state index contributed by atoms with van der Waals surface area (Å²) in [5.74, 6) is 0.167. The minimum Gasteiger partial charge on any atom is -0.489 e. The minimum absolute atomic E-state index is 0.170. The van der Waals surface area contributed by atoms with Crippen molar-refractivity contribution in [3.8, 4) is 5.75 Å². The number of nitrogens with zero attached hydrogens (tertiary/aromatic N) is 1. The average Bonchev–Trinajstić information content (AvgIpc) is 2.74. The molecule has 0 aliphatic rings. The van der Waals surface area contributed by atoms with E-state index in [-0.39, 0.29) is 11.8 Å². The maximum atomic E-state index is 12.2. The second-order valence-electron chi connectivity index (χ2n) is 6.45. The van der Waals surface area contributed by atoms with Gasteiger partial charge in [-0.15, -0.1) is 0 Å². The second-order valence-corrected chi connectivity index (χ2v) is 6.88. The third-order valence-electron chi connectivity index (χ3n) is 4.02. The molecule has 2 N–H and O–H groups in total. The van der Waals surface area contributed by atoms with E-state index in [1.165, 1.54) is 6.92 Å². The molecule has 0 aromatic heterocycles. The van der Waals surface area contributed by atoms with Gasteiger partial charge in [-0.25, -0.2) is 5.43 Å². The zero-order chi connectivity index (χ0) is 21.3. The van der Waals surface area contributed by atoms with Crippen molar-refractivity contribution in [2.24, 2.45) is 5.10 Å². The van der Waals surface area contributed by atoms with E-state index in [2.05, 4.69) is 15.8 Å².